The van der Waals surface area contributed by atoms with Gasteiger partial charge in [-0.25, -0.2) is 4.79 Å². The van der Waals surface area contributed by atoms with E-state index in [9.17, 15) is 15.0 Å². The van der Waals surface area contributed by atoms with Gasteiger partial charge in [0, 0.05) is 14.5 Å². The first kappa shape index (κ1) is 35.0. The van der Waals surface area contributed by atoms with Gasteiger partial charge >= 0.3 is 5.97 Å². The fraction of sp³-hybridized carbons (Fsp3) is 0.667. The van der Waals surface area contributed by atoms with Crippen molar-refractivity contribution in [1.29, 1.82) is 0 Å². The number of aliphatic carboxylic acids is 1. The van der Waals surface area contributed by atoms with E-state index < -0.39 is 12.1 Å². The molecule has 0 aliphatic heterocycles. The molecule has 2 N–H and O–H groups in total. The highest BCUT2D eigenvalue weighted by atomic mass is 79.9. The number of hydrogen-bond donors (Lipinski definition) is 2. The summed E-state index contributed by atoms with van der Waals surface area (Å²) in [6.45, 7) is 22.3. The summed E-state index contributed by atoms with van der Waals surface area (Å²) in [6.07, 6.45) is 6.16. The van der Waals surface area contributed by atoms with Crippen molar-refractivity contribution < 1.29 is 19.7 Å². The first-order chi connectivity index (χ1) is 20.9. The van der Waals surface area contributed by atoms with Crippen LogP contribution in [0.5, 0.6) is 0 Å². The van der Waals surface area contributed by atoms with Crippen LogP contribution in [0.3, 0.4) is 0 Å². The van der Waals surface area contributed by atoms with Gasteiger partial charge in [0.15, 0.2) is 0 Å². The van der Waals surface area contributed by atoms with Crippen molar-refractivity contribution in [1.82, 2.24) is 0 Å². The molecule has 4 aliphatic carbocycles. The third-order valence-electron chi connectivity index (χ3n) is 13.5. The second kappa shape index (κ2) is 12.6. The number of carboxylic acids is 1. The van der Waals surface area contributed by atoms with Gasteiger partial charge in [-0.1, -0.05) is 78.6 Å². The lowest BCUT2D eigenvalue weighted by molar-refractivity contribution is -0.229. The standard InChI is InChI=1S/C39H54Br2O4/c1-21(2)28(25-16-26(40)18-27(41)17-25)10-11-29(36(43)44)34-31-19-32(42)35-37(7)14-12-23(5)24(6)30(37)13-15-38(35,8)39(31,9)20-33(34)45-22(3)4/h16-18,23-24,30-33,35,42H,3,10-15,19-20H2,1-2,4-9H3,(H,43,44)/b34-29+/t23-,24+,30+,31+,32-,33?,35+,37+,38+,39+/m1/s1. The monoisotopic (exact) mass is 744 g/mol. The zero-order valence-corrected chi connectivity index (χ0v) is 31.8. The first-order valence-corrected chi connectivity index (χ1v) is 18.6. The van der Waals surface area contributed by atoms with Crippen LogP contribution in [0.2, 0.25) is 0 Å². The fourth-order valence-corrected chi connectivity index (χ4v) is 12.5. The maximum atomic E-state index is 13.2. The Morgan fingerprint density at radius 1 is 1.00 bits per heavy atom. The van der Waals surface area contributed by atoms with Crippen LogP contribution in [0.4, 0.5) is 0 Å². The Bertz CT molecular complexity index is 1400. The normalized spacial score (nSPS) is 40.1. The molecule has 4 saturated carbocycles. The number of carbonyl (C=O) groups is 1. The van der Waals surface area contributed by atoms with Gasteiger partial charge in [0.05, 0.1) is 11.9 Å². The van der Waals surface area contributed by atoms with Gasteiger partial charge in [-0.15, -0.1) is 0 Å². The van der Waals surface area contributed by atoms with Crippen LogP contribution >= 0.6 is 31.9 Å². The van der Waals surface area contributed by atoms with Crippen molar-refractivity contribution in [3.8, 4) is 0 Å². The zero-order valence-electron chi connectivity index (χ0n) is 28.6. The van der Waals surface area contributed by atoms with Crippen LogP contribution in [0.1, 0.15) is 112 Å². The zero-order chi connectivity index (χ0) is 33.2. The van der Waals surface area contributed by atoms with Gasteiger partial charge in [0.25, 0.3) is 0 Å². The number of aliphatic hydroxyl groups is 1. The molecule has 0 bridgehead atoms. The van der Waals surface area contributed by atoms with E-state index >= 15 is 0 Å². The van der Waals surface area contributed by atoms with Crippen molar-refractivity contribution in [2.45, 2.75) is 119 Å². The summed E-state index contributed by atoms with van der Waals surface area (Å²) < 4.78 is 8.44. The topological polar surface area (TPSA) is 66.8 Å². The van der Waals surface area contributed by atoms with E-state index in [-0.39, 0.29) is 34.2 Å². The summed E-state index contributed by atoms with van der Waals surface area (Å²) in [5, 5.41) is 23.1. The van der Waals surface area contributed by atoms with E-state index in [4.69, 9.17) is 4.74 Å². The molecule has 6 heteroatoms. The number of ether oxygens (including phenoxy) is 1. The van der Waals surface area contributed by atoms with E-state index in [1.807, 2.05) is 13.0 Å². The second-order valence-corrected chi connectivity index (χ2v) is 17.9. The summed E-state index contributed by atoms with van der Waals surface area (Å²) in [4.78, 5) is 13.2. The number of hydrogen-bond acceptors (Lipinski definition) is 3. The molecule has 4 fully saturated rings. The Labute approximate surface area is 288 Å². The Hall–Kier alpha value is -1.37. The molecule has 0 amide bonds. The Morgan fingerprint density at radius 3 is 2.22 bits per heavy atom. The van der Waals surface area contributed by atoms with Crippen LogP contribution in [-0.2, 0) is 9.53 Å². The molecule has 0 aromatic heterocycles. The van der Waals surface area contributed by atoms with Gasteiger partial charge in [-0.2, -0.15) is 0 Å². The Balaban J connectivity index is 1.58. The molecule has 1 aromatic rings. The molecule has 248 valence electrons. The van der Waals surface area contributed by atoms with Crippen molar-refractivity contribution in [3.63, 3.8) is 0 Å². The van der Waals surface area contributed by atoms with E-state index in [1.54, 1.807) is 0 Å². The van der Waals surface area contributed by atoms with Gasteiger partial charge in [0.2, 0.25) is 0 Å². The highest BCUT2D eigenvalue weighted by Crippen LogP contribution is 2.74. The number of carboxylic acid groups (broad SMARTS) is 1. The Morgan fingerprint density at radius 2 is 1.64 bits per heavy atom. The molecule has 1 aromatic carbocycles. The summed E-state index contributed by atoms with van der Waals surface area (Å²) in [5.41, 5.74) is 4.52. The summed E-state index contributed by atoms with van der Waals surface area (Å²) in [7, 11) is 0. The third-order valence-corrected chi connectivity index (χ3v) is 14.5. The molecule has 10 atom stereocenters. The number of aliphatic hydroxyl groups excluding tert-OH is 1. The van der Waals surface area contributed by atoms with Crippen LogP contribution in [0, 0.1) is 45.8 Å². The first-order valence-electron chi connectivity index (χ1n) is 17.0. The van der Waals surface area contributed by atoms with Crippen LogP contribution in [0.15, 0.2) is 56.2 Å². The summed E-state index contributed by atoms with van der Waals surface area (Å²) in [5.74, 6) is 1.85. The molecule has 0 saturated heterocycles. The van der Waals surface area contributed by atoms with Gasteiger partial charge in [-0.05, 0) is 153 Å². The largest absolute Gasteiger partial charge is 0.491 e. The molecule has 0 heterocycles. The number of fused-ring (bicyclic) bond motifs is 5. The van der Waals surface area contributed by atoms with E-state index in [1.165, 1.54) is 18.4 Å². The van der Waals surface area contributed by atoms with Gasteiger partial charge < -0.3 is 14.9 Å². The van der Waals surface area contributed by atoms with Crippen molar-refractivity contribution in [3.05, 3.63) is 61.8 Å². The highest BCUT2D eigenvalue weighted by molar-refractivity contribution is 9.11. The summed E-state index contributed by atoms with van der Waals surface area (Å²) in [6, 6.07) is 6.21. The number of rotatable bonds is 7. The third kappa shape index (κ3) is 5.86. The molecule has 45 heavy (non-hydrogen) atoms. The highest BCUT2D eigenvalue weighted by Gasteiger charge is 2.70. The average Bonchev–Trinajstić information content (AvgIpc) is 3.19. The minimum Gasteiger partial charge on any atom is -0.491 e. The Kier molecular flexibility index (Phi) is 9.77. The minimum atomic E-state index is -0.874. The van der Waals surface area contributed by atoms with E-state index in [2.05, 4.69) is 99.0 Å². The maximum absolute atomic E-state index is 13.2. The molecule has 4 aliphatic rings. The molecular weight excluding hydrogens is 692 g/mol. The van der Waals surface area contributed by atoms with Crippen molar-refractivity contribution >= 4 is 43.4 Å². The van der Waals surface area contributed by atoms with Crippen molar-refractivity contribution in [2.75, 3.05) is 0 Å². The lowest BCUT2D eigenvalue weighted by Crippen LogP contribution is -2.65. The van der Waals surface area contributed by atoms with E-state index in [0.717, 1.165) is 44.9 Å². The van der Waals surface area contributed by atoms with Gasteiger partial charge in [0.1, 0.15) is 6.10 Å². The lowest BCUT2D eigenvalue weighted by Gasteiger charge is -2.69. The predicted molar refractivity (Wildman–Crippen MR) is 191 cm³/mol. The van der Waals surface area contributed by atoms with Crippen molar-refractivity contribution in [2.24, 2.45) is 45.8 Å². The smallest absolute Gasteiger partial charge is 0.331 e. The molecule has 0 spiro atoms. The molecule has 1 unspecified atom stereocenters. The number of allylic oxidation sites excluding steroid dienone is 3. The van der Waals surface area contributed by atoms with E-state index in [0.29, 0.717) is 48.3 Å². The van der Waals surface area contributed by atoms with Gasteiger partial charge in [-0.3, -0.25) is 0 Å². The lowest BCUT2D eigenvalue weighted by atomic mass is 9.36. The predicted octanol–water partition coefficient (Wildman–Crippen LogP) is 11.0. The number of halogens is 2. The maximum Gasteiger partial charge on any atom is 0.331 e. The SMILES string of the molecule is C=C(C)OC1C[C@@]2(C)[C@@H](C[C@@H](O)[C@H]3[C@@]4(C)CC[C@@H](C)[C@H](C)[C@@H]4CC[C@@]32C)/C1=C(/CCC(=C(C)C)c1cc(Br)cc(Br)c1)C(=O)O. The number of benzene rings is 1. The van der Waals surface area contributed by atoms with Crippen LogP contribution in [-0.4, -0.2) is 28.4 Å². The quantitative estimate of drug-likeness (QED) is 0.215. The van der Waals surface area contributed by atoms with Crippen LogP contribution < -0.4 is 0 Å². The summed E-state index contributed by atoms with van der Waals surface area (Å²) >= 11 is 7.25. The second-order valence-electron chi connectivity index (χ2n) is 16.1. The molecular formula is C39H54Br2O4. The van der Waals surface area contributed by atoms with Crippen LogP contribution in [0.25, 0.3) is 5.57 Å². The average molecular weight is 747 g/mol. The minimum absolute atomic E-state index is 0.0561. The molecule has 0 radical (unpaired) electrons. The molecule has 5 rings (SSSR count). The fourth-order valence-electron chi connectivity index (χ4n) is 11.2. The molecule has 4 nitrogen and oxygen atoms in total.